The minimum atomic E-state index is -0.447. The van der Waals surface area contributed by atoms with Gasteiger partial charge < -0.3 is 14.2 Å². The predicted octanol–water partition coefficient (Wildman–Crippen LogP) is 2.18. The Bertz CT molecular complexity index is 467. The summed E-state index contributed by atoms with van der Waals surface area (Å²) < 4.78 is 14.7. The van der Waals surface area contributed by atoms with E-state index in [0.717, 1.165) is 11.1 Å². The van der Waals surface area contributed by atoms with Crippen molar-refractivity contribution >= 4 is 11.9 Å². The maximum absolute atomic E-state index is 11.6. The molecule has 5 heteroatoms. The summed E-state index contributed by atoms with van der Waals surface area (Å²) >= 11 is 0. The maximum atomic E-state index is 11.6. The molecule has 0 bridgehead atoms. The first-order valence-corrected chi connectivity index (χ1v) is 6.45. The van der Waals surface area contributed by atoms with Crippen molar-refractivity contribution in [2.75, 3.05) is 20.3 Å². The van der Waals surface area contributed by atoms with Crippen molar-refractivity contribution in [3.63, 3.8) is 0 Å². The highest BCUT2D eigenvalue weighted by Gasteiger charge is 2.10. The summed E-state index contributed by atoms with van der Waals surface area (Å²) in [5.41, 5.74) is 2.18. The summed E-state index contributed by atoms with van der Waals surface area (Å²) in [5.74, 6) is -0.387. The van der Waals surface area contributed by atoms with E-state index in [1.807, 2.05) is 19.9 Å². The Morgan fingerprint density at radius 2 is 1.70 bits per heavy atom. The van der Waals surface area contributed by atoms with Gasteiger partial charge in [-0.25, -0.2) is 0 Å². The number of methoxy groups -OCH3 is 1. The average Bonchev–Trinajstić information content (AvgIpc) is 2.41. The number of carbonyl (C=O) groups is 2. The molecule has 0 atom stereocenters. The number of aryl methyl sites for hydroxylation is 2. The lowest BCUT2D eigenvalue weighted by Crippen LogP contribution is -2.14. The van der Waals surface area contributed by atoms with E-state index in [9.17, 15) is 9.59 Å². The molecule has 20 heavy (non-hydrogen) atoms. The molecule has 0 saturated heterocycles. The van der Waals surface area contributed by atoms with Crippen LogP contribution >= 0.6 is 0 Å². The smallest absolute Gasteiger partial charge is 0.311 e. The second-order valence-corrected chi connectivity index (χ2v) is 4.43. The summed E-state index contributed by atoms with van der Waals surface area (Å²) in [4.78, 5) is 22.9. The first-order chi connectivity index (χ1) is 9.52. The molecule has 1 aromatic rings. The van der Waals surface area contributed by atoms with E-state index in [1.54, 1.807) is 12.1 Å². The van der Waals surface area contributed by atoms with E-state index < -0.39 is 11.9 Å². The van der Waals surface area contributed by atoms with Crippen molar-refractivity contribution in [3.8, 4) is 5.75 Å². The van der Waals surface area contributed by atoms with Crippen LogP contribution in [0.3, 0.4) is 0 Å². The molecule has 0 N–H and O–H groups in total. The number of hydrogen-bond donors (Lipinski definition) is 0. The molecule has 0 amide bonds. The third-order valence-corrected chi connectivity index (χ3v) is 2.79. The molecular formula is C15H20O5. The molecule has 0 unspecified atom stereocenters. The summed E-state index contributed by atoms with van der Waals surface area (Å²) in [6, 6.07) is 5.41. The van der Waals surface area contributed by atoms with E-state index in [0.29, 0.717) is 12.4 Å². The predicted molar refractivity (Wildman–Crippen MR) is 73.6 cm³/mol. The van der Waals surface area contributed by atoms with Crippen molar-refractivity contribution in [3.05, 3.63) is 29.3 Å². The SMILES string of the molecule is COCCOC(=O)CCC(=O)Oc1ccc(C)c(C)c1. The fraction of sp³-hybridized carbons (Fsp3) is 0.467. The van der Waals surface area contributed by atoms with Crippen molar-refractivity contribution in [2.24, 2.45) is 0 Å². The second-order valence-electron chi connectivity index (χ2n) is 4.43. The molecule has 1 aromatic carbocycles. The van der Waals surface area contributed by atoms with E-state index in [4.69, 9.17) is 14.2 Å². The van der Waals surface area contributed by atoms with Crippen LogP contribution in [0.5, 0.6) is 5.75 Å². The largest absolute Gasteiger partial charge is 0.463 e. The molecule has 110 valence electrons. The van der Waals surface area contributed by atoms with Crippen LogP contribution in [-0.4, -0.2) is 32.3 Å². The lowest BCUT2D eigenvalue weighted by Gasteiger charge is -2.07. The topological polar surface area (TPSA) is 61.8 Å². The summed E-state index contributed by atoms with van der Waals surface area (Å²) in [6.45, 7) is 4.47. The van der Waals surface area contributed by atoms with Gasteiger partial charge in [0.25, 0.3) is 0 Å². The zero-order valence-electron chi connectivity index (χ0n) is 12.1. The molecule has 0 fully saturated rings. The van der Waals surface area contributed by atoms with Crippen molar-refractivity contribution < 1.29 is 23.8 Å². The van der Waals surface area contributed by atoms with E-state index in [1.165, 1.54) is 7.11 Å². The Hall–Kier alpha value is -1.88. The van der Waals surface area contributed by atoms with Crippen LogP contribution < -0.4 is 4.74 Å². The Labute approximate surface area is 118 Å². The van der Waals surface area contributed by atoms with Crippen molar-refractivity contribution in [1.82, 2.24) is 0 Å². The van der Waals surface area contributed by atoms with Gasteiger partial charge in [-0.3, -0.25) is 9.59 Å². The van der Waals surface area contributed by atoms with Crippen LogP contribution in [0.15, 0.2) is 18.2 Å². The van der Waals surface area contributed by atoms with E-state index in [2.05, 4.69) is 0 Å². The molecule has 0 heterocycles. The zero-order chi connectivity index (χ0) is 15.0. The van der Waals surface area contributed by atoms with Crippen LogP contribution in [0.4, 0.5) is 0 Å². The van der Waals surface area contributed by atoms with E-state index >= 15 is 0 Å². The van der Waals surface area contributed by atoms with Crippen molar-refractivity contribution in [1.29, 1.82) is 0 Å². The van der Waals surface area contributed by atoms with Gasteiger partial charge >= 0.3 is 11.9 Å². The van der Waals surface area contributed by atoms with Gasteiger partial charge in [0, 0.05) is 7.11 Å². The van der Waals surface area contributed by atoms with Crippen LogP contribution in [-0.2, 0) is 19.1 Å². The maximum Gasteiger partial charge on any atom is 0.311 e. The number of ether oxygens (including phenoxy) is 3. The normalized spacial score (nSPS) is 10.2. The van der Waals surface area contributed by atoms with Crippen molar-refractivity contribution in [2.45, 2.75) is 26.7 Å². The fourth-order valence-electron chi connectivity index (χ4n) is 1.48. The zero-order valence-corrected chi connectivity index (χ0v) is 12.1. The van der Waals surface area contributed by atoms with Crippen LogP contribution in [0.1, 0.15) is 24.0 Å². The van der Waals surface area contributed by atoms with Gasteiger partial charge in [-0.15, -0.1) is 0 Å². The van der Waals surface area contributed by atoms with E-state index in [-0.39, 0.29) is 19.4 Å². The Balaban J connectivity index is 2.32. The molecule has 0 aromatic heterocycles. The quantitative estimate of drug-likeness (QED) is 0.435. The van der Waals surface area contributed by atoms with Crippen LogP contribution in [0, 0.1) is 13.8 Å². The van der Waals surface area contributed by atoms with Gasteiger partial charge in [-0.2, -0.15) is 0 Å². The summed E-state index contributed by atoms with van der Waals surface area (Å²) in [7, 11) is 1.52. The second kappa shape index (κ2) is 8.32. The monoisotopic (exact) mass is 280 g/mol. The molecule has 0 spiro atoms. The molecule has 0 aliphatic rings. The number of carbonyl (C=O) groups excluding carboxylic acids is 2. The molecule has 0 aliphatic heterocycles. The first kappa shape index (κ1) is 16.2. The molecular weight excluding hydrogens is 260 g/mol. The number of hydrogen-bond acceptors (Lipinski definition) is 5. The minimum absolute atomic E-state index is 0.00125. The number of benzene rings is 1. The molecule has 0 radical (unpaired) electrons. The highest BCUT2D eigenvalue weighted by Crippen LogP contribution is 2.17. The average molecular weight is 280 g/mol. The Morgan fingerprint density at radius 1 is 1.00 bits per heavy atom. The third kappa shape index (κ3) is 5.84. The summed E-state index contributed by atoms with van der Waals surface area (Å²) in [6.07, 6.45) is 0.00608. The van der Waals surface area contributed by atoms with Gasteiger partial charge in [-0.05, 0) is 37.1 Å². The van der Waals surface area contributed by atoms with Gasteiger partial charge in [0.15, 0.2) is 0 Å². The lowest BCUT2D eigenvalue weighted by molar-refractivity contribution is -0.147. The fourth-order valence-corrected chi connectivity index (χ4v) is 1.48. The number of esters is 2. The molecule has 5 nitrogen and oxygen atoms in total. The van der Waals surface area contributed by atoms with Gasteiger partial charge in [0.1, 0.15) is 12.4 Å². The van der Waals surface area contributed by atoms with Gasteiger partial charge in [0.2, 0.25) is 0 Å². The van der Waals surface area contributed by atoms with Crippen LogP contribution in [0.25, 0.3) is 0 Å². The first-order valence-electron chi connectivity index (χ1n) is 6.45. The summed E-state index contributed by atoms with van der Waals surface area (Å²) in [5, 5.41) is 0. The van der Waals surface area contributed by atoms with Gasteiger partial charge in [0.05, 0.1) is 19.4 Å². The molecule has 1 rings (SSSR count). The number of rotatable bonds is 7. The highest BCUT2D eigenvalue weighted by molar-refractivity contribution is 5.79. The molecule has 0 saturated carbocycles. The Morgan fingerprint density at radius 3 is 2.35 bits per heavy atom. The lowest BCUT2D eigenvalue weighted by atomic mass is 10.1. The highest BCUT2D eigenvalue weighted by atomic mass is 16.6. The van der Waals surface area contributed by atoms with Crippen LogP contribution in [0.2, 0.25) is 0 Å². The molecule has 0 aliphatic carbocycles. The van der Waals surface area contributed by atoms with Gasteiger partial charge in [-0.1, -0.05) is 6.07 Å². The standard InChI is InChI=1S/C15H20O5/c1-11-4-5-13(10-12(11)2)20-15(17)7-6-14(16)19-9-8-18-3/h4-5,10H,6-9H2,1-3H3. The Kier molecular flexibility index (Phi) is 6.73. The third-order valence-electron chi connectivity index (χ3n) is 2.79. The minimum Gasteiger partial charge on any atom is -0.463 e.